The van der Waals surface area contributed by atoms with E-state index in [1.165, 1.54) is 0 Å². The number of hydrogen-bond donors (Lipinski definition) is 2. The quantitative estimate of drug-likeness (QED) is 0.628. The molecule has 0 aromatic heterocycles. The van der Waals surface area contributed by atoms with Crippen LogP contribution in [0.4, 0.5) is 13.2 Å². The second kappa shape index (κ2) is 7.06. The third-order valence-electron chi connectivity index (χ3n) is 1.62. The predicted molar refractivity (Wildman–Crippen MR) is 51.2 cm³/mol. The molecule has 5 heteroatoms. The van der Waals surface area contributed by atoms with Gasteiger partial charge in [-0.1, -0.05) is 13.8 Å². The lowest BCUT2D eigenvalue weighted by Crippen LogP contribution is -2.31. The summed E-state index contributed by atoms with van der Waals surface area (Å²) in [6.07, 6.45) is -4.80. The van der Waals surface area contributed by atoms with Gasteiger partial charge >= 0.3 is 6.18 Å². The molecule has 0 aromatic rings. The summed E-state index contributed by atoms with van der Waals surface area (Å²) in [7, 11) is 0. The van der Waals surface area contributed by atoms with Crippen molar-refractivity contribution in [3.05, 3.63) is 0 Å². The lowest BCUT2D eigenvalue weighted by atomic mass is 10.2. The van der Waals surface area contributed by atoms with E-state index in [0.717, 1.165) is 13.1 Å². The van der Waals surface area contributed by atoms with E-state index < -0.39 is 12.6 Å². The molecule has 2 nitrogen and oxygen atoms in total. The Morgan fingerprint density at radius 1 is 1.00 bits per heavy atom. The molecule has 0 heterocycles. The first kappa shape index (κ1) is 13.7. The van der Waals surface area contributed by atoms with E-state index in [9.17, 15) is 13.2 Å². The number of nitrogens with one attached hydrogen (secondary N) is 2. The topological polar surface area (TPSA) is 24.1 Å². The van der Waals surface area contributed by atoms with Gasteiger partial charge in [0.15, 0.2) is 0 Å². The Bertz CT molecular complexity index is 135. The Morgan fingerprint density at radius 3 is 2.07 bits per heavy atom. The fourth-order valence-electron chi connectivity index (χ4n) is 0.923. The first-order valence-electron chi connectivity index (χ1n) is 4.90. The summed E-state index contributed by atoms with van der Waals surface area (Å²) in [5, 5.41) is 5.87. The molecule has 86 valence electrons. The molecule has 0 saturated carbocycles. The molecule has 0 aromatic carbocycles. The van der Waals surface area contributed by atoms with E-state index in [4.69, 9.17) is 0 Å². The molecule has 0 rings (SSSR count). The van der Waals surface area contributed by atoms with Crippen molar-refractivity contribution in [3.63, 3.8) is 0 Å². The summed E-state index contributed by atoms with van der Waals surface area (Å²) in [6.45, 7) is 6.39. The van der Waals surface area contributed by atoms with Crippen LogP contribution in [-0.4, -0.2) is 32.4 Å². The Kier molecular flexibility index (Phi) is 6.92. The zero-order valence-corrected chi connectivity index (χ0v) is 8.75. The molecule has 0 spiro atoms. The minimum absolute atomic E-state index is 0.00680. The summed E-state index contributed by atoms with van der Waals surface area (Å²) in [4.78, 5) is 0. The second-order valence-electron chi connectivity index (χ2n) is 3.71. The fraction of sp³-hybridized carbons (Fsp3) is 1.00. The Balaban J connectivity index is 3.07. The van der Waals surface area contributed by atoms with Crippen LogP contribution in [0, 0.1) is 5.92 Å². The van der Waals surface area contributed by atoms with Crippen molar-refractivity contribution < 1.29 is 13.2 Å². The van der Waals surface area contributed by atoms with E-state index in [1.54, 1.807) is 0 Å². The van der Waals surface area contributed by atoms with Crippen molar-refractivity contribution in [1.29, 1.82) is 0 Å². The summed E-state index contributed by atoms with van der Waals surface area (Å²) in [6, 6.07) is 0. The Morgan fingerprint density at radius 2 is 1.57 bits per heavy atom. The second-order valence-corrected chi connectivity index (χ2v) is 3.71. The highest BCUT2D eigenvalue weighted by molar-refractivity contribution is 4.57. The van der Waals surface area contributed by atoms with E-state index in [1.807, 2.05) is 0 Å². The van der Waals surface area contributed by atoms with E-state index in [0.29, 0.717) is 12.5 Å². The number of rotatable bonds is 7. The first-order valence-corrected chi connectivity index (χ1v) is 4.90. The van der Waals surface area contributed by atoms with Crippen molar-refractivity contribution >= 4 is 0 Å². The molecule has 0 atom stereocenters. The minimum atomic E-state index is -4.04. The molecular formula is C9H19F3N2. The van der Waals surface area contributed by atoms with Crippen LogP contribution in [0.25, 0.3) is 0 Å². The average Bonchev–Trinajstić information content (AvgIpc) is 2.00. The largest absolute Gasteiger partial charge is 0.390 e. The number of alkyl halides is 3. The third kappa shape index (κ3) is 11.7. The van der Waals surface area contributed by atoms with Crippen LogP contribution < -0.4 is 10.6 Å². The van der Waals surface area contributed by atoms with Gasteiger partial charge in [0.2, 0.25) is 0 Å². The van der Waals surface area contributed by atoms with Gasteiger partial charge in [-0.2, -0.15) is 13.2 Å². The fourth-order valence-corrected chi connectivity index (χ4v) is 0.923. The maximum Gasteiger partial charge on any atom is 0.390 e. The van der Waals surface area contributed by atoms with Crippen molar-refractivity contribution in [2.75, 3.05) is 26.2 Å². The summed E-state index contributed by atoms with van der Waals surface area (Å²) in [5.41, 5.74) is 0. The molecule has 0 amide bonds. The van der Waals surface area contributed by atoms with Crippen LogP contribution in [0.3, 0.4) is 0 Å². The summed E-state index contributed by atoms with van der Waals surface area (Å²) in [5.74, 6) is 0.574. The lowest BCUT2D eigenvalue weighted by Gasteiger charge is -2.09. The zero-order chi connectivity index (χ0) is 11.0. The first-order chi connectivity index (χ1) is 6.42. The van der Waals surface area contributed by atoms with Gasteiger partial charge in [0.1, 0.15) is 0 Å². The van der Waals surface area contributed by atoms with Gasteiger partial charge in [-0.25, -0.2) is 0 Å². The van der Waals surface area contributed by atoms with Gasteiger partial charge in [0.25, 0.3) is 0 Å². The molecule has 14 heavy (non-hydrogen) atoms. The molecule has 0 radical (unpaired) electrons. The third-order valence-corrected chi connectivity index (χ3v) is 1.62. The van der Waals surface area contributed by atoms with Crippen molar-refractivity contribution in [2.45, 2.75) is 26.4 Å². The molecule has 0 bridgehead atoms. The van der Waals surface area contributed by atoms with Gasteiger partial charge in [-0.05, 0) is 12.5 Å². The Labute approximate surface area is 83.3 Å². The van der Waals surface area contributed by atoms with Crippen LogP contribution in [0.1, 0.15) is 20.3 Å². The van der Waals surface area contributed by atoms with Crippen molar-refractivity contribution in [2.24, 2.45) is 5.92 Å². The maximum absolute atomic E-state index is 11.7. The average molecular weight is 212 g/mol. The normalized spacial score (nSPS) is 12.4. The van der Waals surface area contributed by atoms with Crippen LogP contribution in [0.2, 0.25) is 0 Å². The monoisotopic (exact) mass is 212 g/mol. The number of halogens is 3. The predicted octanol–water partition coefficient (Wildman–Crippen LogP) is 1.77. The standard InChI is InChI=1S/C9H19F3N2/c1-8(2)7-14-6-5-13-4-3-9(10,11)12/h8,13-14H,3-7H2,1-2H3. The van der Waals surface area contributed by atoms with Gasteiger partial charge in [-0.15, -0.1) is 0 Å². The smallest absolute Gasteiger partial charge is 0.315 e. The highest BCUT2D eigenvalue weighted by atomic mass is 19.4. The van der Waals surface area contributed by atoms with Crippen molar-refractivity contribution in [3.8, 4) is 0 Å². The number of hydrogen-bond acceptors (Lipinski definition) is 2. The van der Waals surface area contributed by atoms with E-state index >= 15 is 0 Å². The molecule has 0 fully saturated rings. The highest BCUT2D eigenvalue weighted by Crippen LogP contribution is 2.17. The molecular weight excluding hydrogens is 193 g/mol. The SMILES string of the molecule is CC(C)CNCCNCCC(F)(F)F. The van der Waals surface area contributed by atoms with Gasteiger partial charge in [0.05, 0.1) is 6.42 Å². The molecule has 0 unspecified atom stereocenters. The molecule has 0 aliphatic carbocycles. The van der Waals surface area contributed by atoms with Crippen LogP contribution in [0.5, 0.6) is 0 Å². The maximum atomic E-state index is 11.7. The lowest BCUT2D eigenvalue weighted by molar-refractivity contribution is -0.133. The minimum Gasteiger partial charge on any atom is -0.315 e. The van der Waals surface area contributed by atoms with E-state index in [2.05, 4.69) is 24.5 Å². The molecule has 0 aliphatic rings. The summed E-state index contributed by atoms with van der Waals surface area (Å²) < 4.78 is 35.0. The van der Waals surface area contributed by atoms with Gasteiger partial charge in [0, 0.05) is 19.6 Å². The van der Waals surface area contributed by atoms with Gasteiger partial charge in [-0.3, -0.25) is 0 Å². The van der Waals surface area contributed by atoms with Gasteiger partial charge < -0.3 is 10.6 Å². The highest BCUT2D eigenvalue weighted by Gasteiger charge is 2.25. The molecule has 0 aliphatic heterocycles. The summed E-state index contributed by atoms with van der Waals surface area (Å²) >= 11 is 0. The van der Waals surface area contributed by atoms with Crippen LogP contribution in [0.15, 0.2) is 0 Å². The van der Waals surface area contributed by atoms with Crippen molar-refractivity contribution in [1.82, 2.24) is 10.6 Å². The molecule has 2 N–H and O–H groups in total. The zero-order valence-electron chi connectivity index (χ0n) is 8.75. The Hall–Kier alpha value is -0.290. The van der Waals surface area contributed by atoms with Crippen LogP contribution in [-0.2, 0) is 0 Å². The van der Waals surface area contributed by atoms with E-state index in [-0.39, 0.29) is 6.54 Å². The molecule has 0 saturated heterocycles. The van der Waals surface area contributed by atoms with Crippen LogP contribution >= 0.6 is 0 Å².